The molecule has 7 rings (SSSR count). The fourth-order valence-electron chi connectivity index (χ4n) is 5.99. The third-order valence-electron chi connectivity index (χ3n) is 8.01. The molecule has 6 heterocycles. The smallest absolute Gasteiger partial charge is 0.264 e. The summed E-state index contributed by atoms with van der Waals surface area (Å²) in [5.74, 6) is 1.67. The van der Waals surface area contributed by atoms with Gasteiger partial charge in [0, 0.05) is 43.2 Å². The second-order valence-electron chi connectivity index (χ2n) is 10.2. The molecular formula is C27H31N7O2S. The molecule has 0 atom stereocenters. The molecule has 0 bridgehead atoms. The molecule has 1 N–H and O–H groups in total. The van der Waals surface area contributed by atoms with Gasteiger partial charge in [0.05, 0.1) is 40.0 Å². The first kappa shape index (κ1) is 23.1. The zero-order valence-corrected chi connectivity index (χ0v) is 21.7. The zero-order valence-electron chi connectivity index (χ0n) is 20.9. The highest BCUT2D eigenvalue weighted by Crippen LogP contribution is 2.36. The van der Waals surface area contributed by atoms with Crippen LogP contribution in [-0.4, -0.2) is 94.4 Å². The Morgan fingerprint density at radius 1 is 1.03 bits per heavy atom. The number of nitrogens with zero attached hydrogens (tertiary/aromatic N) is 6. The minimum Gasteiger partial charge on any atom is -0.378 e. The number of carbonyl (C=O) groups is 1. The minimum absolute atomic E-state index is 0.120. The first-order chi connectivity index (χ1) is 18.2. The molecule has 1 aromatic carbocycles. The molecule has 1 amide bonds. The van der Waals surface area contributed by atoms with E-state index in [1.165, 1.54) is 37.3 Å². The molecule has 0 saturated carbocycles. The highest BCUT2D eigenvalue weighted by atomic mass is 32.1. The molecule has 3 fully saturated rings. The Labute approximate surface area is 219 Å². The van der Waals surface area contributed by atoms with Gasteiger partial charge < -0.3 is 19.4 Å². The van der Waals surface area contributed by atoms with Gasteiger partial charge in [0.2, 0.25) is 0 Å². The van der Waals surface area contributed by atoms with Crippen LogP contribution in [0.2, 0.25) is 0 Å². The summed E-state index contributed by atoms with van der Waals surface area (Å²) in [6.45, 7) is 6.95. The number of carbonyl (C=O) groups excluding carboxylic acids is 1. The molecule has 0 unspecified atom stereocenters. The molecule has 3 aliphatic heterocycles. The van der Waals surface area contributed by atoms with Crippen LogP contribution in [0.1, 0.15) is 35.4 Å². The van der Waals surface area contributed by atoms with Crippen LogP contribution in [0.3, 0.4) is 0 Å². The molecule has 3 saturated heterocycles. The van der Waals surface area contributed by atoms with Crippen LogP contribution >= 0.6 is 11.3 Å². The van der Waals surface area contributed by atoms with E-state index in [1.54, 1.807) is 0 Å². The molecule has 192 valence electrons. The number of anilines is 1. The molecular weight excluding hydrogens is 486 g/mol. The lowest BCUT2D eigenvalue weighted by atomic mass is 10.0. The number of ether oxygens (including phenoxy) is 1. The zero-order chi connectivity index (χ0) is 24.8. The topological polar surface area (TPSA) is 90.5 Å². The van der Waals surface area contributed by atoms with Gasteiger partial charge in [0.1, 0.15) is 0 Å². The normalized spacial score (nSPS) is 19.9. The third kappa shape index (κ3) is 4.26. The summed E-state index contributed by atoms with van der Waals surface area (Å²) < 4.78 is 6.58. The van der Waals surface area contributed by atoms with Crippen LogP contribution in [0.25, 0.3) is 32.5 Å². The van der Waals surface area contributed by atoms with E-state index in [2.05, 4.69) is 20.0 Å². The van der Waals surface area contributed by atoms with E-state index in [-0.39, 0.29) is 5.91 Å². The number of likely N-dealkylation sites (tertiary alicyclic amines) is 2. The Balaban J connectivity index is 1.23. The quantitative estimate of drug-likeness (QED) is 0.441. The Morgan fingerprint density at radius 3 is 2.65 bits per heavy atom. The van der Waals surface area contributed by atoms with Gasteiger partial charge >= 0.3 is 0 Å². The van der Waals surface area contributed by atoms with Crippen molar-refractivity contribution in [2.45, 2.75) is 31.7 Å². The second-order valence-corrected chi connectivity index (χ2v) is 11.3. The largest absolute Gasteiger partial charge is 0.378 e. The summed E-state index contributed by atoms with van der Waals surface area (Å²) in [5.41, 5.74) is 2.71. The van der Waals surface area contributed by atoms with Crippen molar-refractivity contribution in [2.24, 2.45) is 0 Å². The molecule has 0 aliphatic carbocycles. The monoisotopic (exact) mass is 517 g/mol. The van der Waals surface area contributed by atoms with Crippen molar-refractivity contribution in [3.05, 3.63) is 35.3 Å². The lowest BCUT2D eigenvalue weighted by molar-refractivity contribution is 0.0649. The SMILES string of the molecule is O=C(c1cc2nc(-c3cccc4[nH]ncc34)nc(N3CCOCC3)c2s1)N1CCC(N2CCCC2)CC1. The van der Waals surface area contributed by atoms with Gasteiger partial charge in [-0.1, -0.05) is 12.1 Å². The molecule has 4 aromatic rings. The van der Waals surface area contributed by atoms with Crippen LogP contribution in [0, 0.1) is 0 Å². The average Bonchev–Trinajstić information content (AvgIpc) is 3.73. The van der Waals surface area contributed by atoms with E-state index in [4.69, 9.17) is 14.7 Å². The van der Waals surface area contributed by atoms with Gasteiger partial charge in [0.25, 0.3) is 5.91 Å². The number of aromatic amines is 1. The second kappa shape index (κ2) is 9.66. The number of thiophene rings is 1. The molecule has 37 heavy (non-hydrogen) atoms. The minimum atomic E-state index is 0.120. The lowest BCUT2D eigenvalue weighted by Crippen LogP contribution is -2.45. The maximum Gasteiger partial charge on any atom is 0.264 e. The number of amides is 1. The maximum absolute atomic E-state index is 13.6. The first-order valence-corrected chi connectivity index (χ1v) is 14.2. The number of benzene rings is 1. The van der Waals surface area contributed by atoms with Gasteiger partial charge in [0.15, 0.2) is 11.6 Å². The van der Waals surface area contributed by atoms with Crippen LogP contribution in [0.4, 0.5) is 5.82 Å². The predicted molar refractivity (Wildman–Crippen MR) is 145 cm³/mol. The maximum atomic E-state index is 13.6. The first-order valence-electron chi connectivity index (χ1n) is 13.3. The van der Waals surface area contributed by atoms with Gasteiger partial charge in [-0.05, 0) is 50.9 Å². The number of hydrogen-bond donors (Lipinski definition) is 1. The van der Waals surface area contributed by atoms with Gasteiger partial charge in [-0.3, -0.25) is 9.89 Å². The summed E-state index contributed by atoms with van der Waals surface area (Å²) in [6.07, 6.45) is 6.57. The Hall–Kier alpha value is -3.08. The van der Waals surface area contributed by atoms with Gasteiger partial charge in [-0.25, -0.2) is 9.97 Å². The van der Waals surface area contributed by atoms with E-state index in [1.807, 2.05) is 35.4 Å². The Morgan fingerprint density at radius 2 is 1.84 bits per heavy atom. The molecule has 3 aliphatic rings. The highest BCUT2D eigenvalue weighted by molar-refractivity contribution is 7.21. The van der Waals surface area contributed by atoms with Crippen LogP contribution in [0.15, 0.2) is 30.5 Å². The van der Waals surface area contributed by atoms with E-state index in [9.17, 15) is 4.79 Å². The van der Waals surface area contributed by atoms with Crippen molar-refractivity contribution >= 4 is 44.2 Å². The standard InChI is InChI=1S/C27H31N7O2S/c35-27(34-10-6-18(7-11-34)32-8-1-2-9-32)23-16-22-24(37-23)26(33-12-14-36-15-13-33)30-25(29-22)19-4-3-5-21-20(19)17-28-31-21/h3-5,16-18H,1-2,6-15H2,(H,28,31). The summed E-state index contributed by atoms with van der Waals surface area (Å²) in [7, 11) is 0. The number of aromatic nitrogens is 4. The highest BCUT2D eigenvalue weighted by Gasteiger charge is 2.30. The fraction of sp³-hybridized carbons (Fsp3) is 0.481. The Bertz CT molecular complexity index is 1430. The number of fused-ring (bicyclic) bond motifs is 2. The van der Waals surface area contributed by atoms with E-state index < -0.39 is 0 Å². The summed E-state index contributed by atoms with van der Waals surface area (Å²) >= 11 is 1.53. The van der Waals surface area contributed by atoms with Crippen molar-refractivity contribution in [2.75, 3.05) is 57.4 Å². The molecule has 0 radical (unpaired) electrons. The average molecular weight is 518 g/mol. The summed E-state index contributed by atoms with van der Waals surface area (Å²) in [4.78, 5) is 31.3. The van der Waals surface area contributed by atoms with Crippen LogP contribution < -0.4 is 4.90 Å². The third-order valence-corrected chi connectivity index (χ3v) is 9.12. The number of piperidine rings is 1. The van der Waals surface area contributed by atoms with E-state index >= 15 is 0 Å². The van der Waals surface area contributed by atoms with E-state index in [0.29, 0.717) is 25.1 Å². The van der Waals surface area contributed by atoms with Crippen molar-refractivity contribution < 1.29 is 9.53 Å². The molecule has 10 heteroatoms. The van der Waals surface area contributed by atoms with Crippen molar-refractivity contribution in [1.29, 1.82) is 0 Å². The molecule has 0 spiro atoms. The van der Waals surface area contributed by atoms with Crippen molar-refractivity contribution in [3.8, 4) is 11.4 Å². The summed E-state index contributed by atoms with van der Waals surface area (Å²) in [6, 6.07) is 8.62. The summed E-state index contributed by atoms with van der Waals surface area (Å²) in [5, 5.41) is 8.24. The molecule has 3 aromatic heterocycles. The lowest BCUT2D eigenvalue weighted by Gasteiger charge is -2.36. The van der Waals surface area contributed by atoms with E-state index in [0.717, 1.165) is 76.4 Å². The predicted octanol–water partition coefficient (Wildman–Crippen LogP) is 3.77. The number of morpholine rings is 1. The molecule has 9 nitrogen and oxygen atoms in total. The number of rotatable bonds is 4. The number of hydrogen-bond acceptors (Lipinski definition) is 8. The number of nitrogens with one attached hydrogen (secondary N) is 1. The van der Waals surface area contributed by atoms with Crippen molar-refractivity contribution in [1.82, 2.24) is 30.0 Å². The van der Waals surface area contributed by atoms with Crippen LogP contribution in [-0.2, 0) is 4.74 Å². The van der Waals surface area contributed by atoms with Crippen molar-refractivity contribution in [3.63, 3.8) is 0 Å². The number of H-pyrrole nitrogens is 1. The fourth-order valence-corrected chi connectivity index (χ4v) is 7.07. The Kier molecular flexibility index (Phi) is 6.02. The van der Waals surface area contributed by atoms with Gasteiger partial charge in [-0.15, -0.1) is 11.3 Å². The van der Waals surface area contributed by atoms with Gasteiger partial charge in [-0.2, -0.15) is 5.10 Å². The van der Waals surface area contributed by atoms with Crippen LogP contribution in [0.5, 0.6) is 0 Å².